The lowest BCUT2D eigenvalue weighted by Gasteiger charge is -2.02. The summed E-state index contributed by atoms with van der Waals surface area (Å²) >= 11 is 1.48. The summed E-state index contributed by atoms with van der Waals surface area (Å²) in [5.74, 6) is 0.595. The van der Waals surface area contributed by atoms with Gasteiger partial charge in [0.15, 0.2) is 0 Å². The van der Waals surface area contributed by atoms with Crippen molar-refractivity contribution in [2.75, 3.05) is 5.75 Å². The van der Waals surface area contributed by atoms with E-state index in [9.17, 15) is 10.1 Å². The molecule has 0 radical (unpaired) electrons. The summed E-state index contributed by atoms with van der Waals surface area (Å²) in [5.41, 5.74) is 0.0893. The number of thioether (sulfide) groups is 1. The molecule has 0 unspecified atom stereocenters. The number of nitro groups is 1. The zero-order chi connectivity index (χ0) is 10.6. The predicted octanol–water partition coefficient (Wildman–Crippen LogP) is 2.07. The van der Waals surface area contributed by atoms with Gasteiger partial charge >= 0.3 is 0 Å². The first-order chi connectivity index (χ1) is 6.59. The van der Waals surface area contributed by atoms with Crippen LogP contribution in [0.1, 0.15) is 6.92 Å². The Labute approximate surface area is 86.1 Å². The van der Waals surface area contributed by atoms with Gasteiger partial charge in [-0.15, -0.1) is 11.8 Å². The van der Waals surface area contributed by atoms with E-state index in [0.717, 1.165) is 4.90 Å². The molecule has 0 amide bonds. The predicted molar refractivity (Wildman–Crippen MR) is 55.5 cm³/mol. The molecule has 1 aromatic rings. The average Bonchev–Trinajstić information content (AvgIpc) is 2.15. The Hall–Kier alpha value is -1.07. The highest BCUT2D eigenvalue weighted by Gasteiger charge is 2.04. The van der Waals surface area contributed by atoms with Gasteiger partial charge in [-0.2, -0.15) is 0 Å². The summed E-state index contributed by atoms with van der Waals surface area (Å²) in [5, 5.41) is 19.4. The average molecular weight is 213 g/mol. The highest BCUT2D eigenvalue weighted by atomic mass is 32.2. The van der Waals surface area contributed by atoms with E-state index in [1.54, 1.807) is 19.1 Å². The van der Waals surface area contributed by atoms with Crippen LogP contribution >= 0.6 is 11.8 Å². The number of hydrogen-bond donors (Lipinski definition) is 1. The van der Waals surface area contributed by atoms with Gasteiger partial charge in [-0.3, -0.25) is 10.1 Å². The van der Waals surface area contributed by atoms with Crippen LogP contribution in [-0.2, 0) is 0 Å². The summed E-state index contributed by atoms with van der Waals surface area (Å²) in [4.78, 5) is 10.8. The molecule has 0 fully saturated rings. The molecule has 5 heteroatoms. The van der Waals surface area contributed by atoms with Crippen molar-refractivity contribution in [3.05, 3.63) is 34.4 Å². The summed E-state index contributed by atoms with van der Waals surface area (Å²) in [7, 11) is 0. The van der Waals surface area contributed by atoms with Gasteiger partial charge in [0.25, 0.3) is 5.69 Å². The van der Waals surface area contributed by atoms with Crippen LogP contribution in [0.4, 0.5) is 5.69 Å². The first-order valence-electron chi connectivity index (χ1n) is 4.15. The summed E-state index contributed by atoms with van der Waals surface area (Å²) in [6.07, 6.45) is -0.366. The minimum Gasteiger partial charge on any atom is -0.393 e. The summed E-state index contributed by atoms with van der Waals surface area (Å²) in [6.45, 7) is 1.71. The first kappa shape index (κ1) is 11.0. The maximum absolute atomic E-state index is 10.3. The molecule has 76 valence electrons. The lowest BCUT2D eigenvalue weighted by Crippen LogP contribution is -2.02. The third kappa shape index (κ3) is 3.35. The van der Waals surface area contributed by atoms with Crippen LogP contribution in [0.2, 0.25) is 0 Å². The third-order valence-electron chi connectivity index (χ3n) is 1.54. The lowest BCUT2D eigenvalue weighted by atomic mass is 10.3. The second-order valence-electron chi connectivity index (χ2n) is 2.91. The molecule has 0 spiro atoms. The van der Waals surface area contributed by atoms with Gasteiger partial charge in [0.1, 0.15) is 0 Å². The van der Waals surface area contributed by atoms with Gasteiger partial charge in [0, 0.05) is 22.8 Å². The number of nitrogens with zero attached hydrogens (tertiary/aromatic N) is 1. The van der Waals surface area contributed by atoms with Crippen LogP contribution in [0, 0.1) is 10.1 Å². The molecule has 0 saturated carbocycles. The van der Waals surface area contributed by atoms with Crippen molar-refractivity contribution >= 4 is 17.4 Å². The van der Waals surface area contributed by atoms with Crippen molar-refractivity contribution in [1.29, 1.82) is 0 Å². The van der Waals surface area contributed by atoms with Crippen molar-refractivity contribution < 1.29 is 10.0 Å². The first-order valence-corrected chi connectivity index (χ1v) is 5.13. The second kappa shape index (κ2) is 4.97. The Kier molecular flexibility index (Phi) is 3.91. The van der Waals surface area contributed by atoms with E-state index in [1.807, 2.05) is 0 Å². The second-order valence-corrected chi connectivity index (χ2v) is 4.00. The van der Waals surface area contributed by atoms with Crippen LogP contribution in [0.25, 0.3) is 0 Å². The van der Waals surface area contributed by atoms with Crippen molar-refractivity contribution in [2.24, 2.45) is 0 Å². The SMILES string of the molecule is C[C@@H](O)CSc1ccc([N+](=O)[O-])cc1. The number of non-ortho nitro benzene ring substituents is 1. The smallest absolute Gasteiger partial charge is 0.269 e. The fourth-order valence-electron chi connectivity index (χ4n) is 0.881. The van der Waals surface area contributed by atoms with Crippen LogP contribution < -0.4 is 0 Å². The third-order valence-corrected chi connectivity index (χ3v) is 2.79. The summed E-state index contributed by atoms with van der Waals surface area (Å²) in [6, 6.07) is 6.30. The Balaban J connectivity index is 2.60. The number of aliphatic hydroxyl groups excluding tert-OH is 1. The maximum atomic E-state index is 10.3. The van der Waals surface area contributed by atoms with Gasteiger partial charge in [0.05, 0.1) is 11.0 Å². The summed E-state index contributed by atoms with van der Waals surface area (Å²) < 4.78 is 0. The molecule has 0 aromatic heterocycles. The van der Waals surface area contributed by atoms with Crippen molar-refractivity contribution in [1.82, 2.24) is 0 Å². The van der Waals surface area contributed by atoms with Gasteiger partial charge in [-0.1, -0.05) is 0 Å². The fourth-order valence-corrected chi connectivity index (χ4v) is 1.64. The quantitative estimate of drug-likeness (QED) is 0.472. The topological polar surface area (TPSA) is 63.4 Å². The van der Waals surface area contributed by atoms with E-state index in [1.165, 1.54) is 23.9 Å². The molecule has 1 N–H and O–H groups in total. The van der Waals surface area contributed by atoms with Crippen LogP contribution in [-0.4, -0.2) is 21.9 Å². The molecular formula is C9H11NO3S. The monoisotopic (exact) mass is 213 g/mol. The molecule has 0 saturated heterocycles. The molecule has 1 rings (SSSR count). The van der Waals surface area contributed by atoms with Crippen molar-refractivity contribution in [2.45, 2.75) is 17.9 Å². The van der Waals surface area contributed by atoms with E-state index in [4.69, 9.17) is 5.11 Å². The molecular weight excluding hydrogens is 202 g/mol. The molecule has 0 heterocycles. The van der Waals surface area contributed by atoms with Gasteiger partial charge < -0.3 is 5.11 Å². The zero-order valence-corrected chi connectivity index (χ0v) is 8.53. The van der Waals surface area contributed by atoms with E-state index >= 15 is 0 Å². The molecule has 1 aromatic carbocycles. The normalized spacial score (nSPS) is 12.4. The molecule has 4 nitrogen and oxygen atoms in total. The highest BCUT2D eigenvalue weighted by Crippen LogP contribution is 2.21. The van der Waals surface area contributed by atoms with E-state index in [-0.39, 0.29) is 11.8 Å². The zero-order valence-electron chi connectivity index (χ0n) is 7.71. The Morgan fingerprint density at radius 1 is 1.50 bits per heavy atom. The van der Waals surface area contributed by atoms with Crippen molar-refractivity contribution in [3.8, 4) is 0 Å². The van der Waals surface area contributed by atoms with Gasteiger partial charge in [-0.05, 0) is 19.1 Å². The van der Waals surface area contributed by atoms with Crippen LogP contribution in [0.3, 0.4) is 0 Å². The number of nitro benzene ring substituents is 1. The fraction of sp³-hybridized carbons (Fsp3) is 0.333. The van der Waals surface area contributed by atoms with E-state index in [0.29, 0.717) is 5.75 Å². The van der Waals surface area contributed by atoms with Crippen LogP contribution in [0.15, 0.2) is 29.2 Å². The number of aliphatic hydroxyl groups is 1. The lowest BCUT2D eigenvalue weighted by molar-refractivity contribution is -0.384. The number of rotatable bonds is 4. The van der Waals surface area contributed by atoms with Crippen LogP contribution in [0.5, 0.6) is 0 Å². The standard InChI is InChI=1S/C9H11NO3S/c1-7(11)6-14-9-4-2-8(3-5-9)10(12)13/h2-5,7,11H,6H2,1H3/t7-/m1/s1. The molecule has 1 atom stereocenters. The largest absolute Gasteiger partial charge is 0.393 e. The molecule has 0 aliphatic rings. The molecule has 0 aliphatic heterocycles. The number of benzene rings is 1. The Morgan fingerprint density at radius 2 is 2.07 bits per heavy atom. The minimum atomic E-state index is -0.427. The van der Waals surface area contributed by atoms with E-state index in [2.05, 4.69) is 0 Å². The minimum absolute atomic E-state index is 0.0893. The van der Waals surface area contributed by atoms with Gasteiger partial charge in [-0.25, -0.2) is 0 Å². The van der Waals surface area contributed by atoms with Gasteiger partial charge in [0.2, 0.25) is 0 Å². The molecule has 0 bridgehead atoms. The Bertz CT molecular complexity index is 310. The van der Waals surface area contributed by atoms with E-state index < -0.39 is 4.92 Å². The molecule has 0 aliphatic carbocycles. The molecule has 14 heavy (non-hydrogen) atoms. The highest BCUT2D eigenvalue weighted by molar-refractivity contribution is 7.99. The number of hydrogen-bond acceptors (Lipinski definition) is 4. The maximum Gasteiger partial charge on any atom is 0.269 e. The van der Waals surface area contributed by atoms with Crippen molar-refractivity contribution in [3.63, 3.8) is 0 Å². The Morgan fingerprint density at radius 3 is 2.50 bits per heavy atom.